The predicted octanol–water partition coefficient (Wildman–Crippen LogP) is 2.02. The number of hydrogen-bond donors (Lipinski definition) is 2. The molecule has 2 atom stereocenters. The molecule has 8 heteroatoms. The highest BCUT2D eigenvalue weighted by Gasteiger charge is 2.42. The summed E-state index contributed by atoms with van der Waals surface area (Å²) in [4.78, 5) is 34.5. The lowest BCUT2D eigenvalue weighted by Gasteiger charge is -2.44. The highest BCUT2D eigenvalue weighted by atomic mass is 16.4. The number of carbonyl (C=O) groups excluding carboxylic acids is 1. The Kier molecular flexibility index (Phi) is 6.13. The van der Waals surface area contributed by atoms with E-state index in [2.05, 4.69) is 34.3 Å². The van der Waals surface area contributed by atoms with E-state index in [9.17, 15) is 9.59 Å². The van der Waals surface area contributed by atoms with Gasteiger partial charge in [-0.3, -0.25) is 9.78 Å². The molecule has 2 N–H and O–H groups in total. The molecule has 8 nitrogen and oxygen atoms in total. The fourth-order valence-electron chi connectivity index (χ4n) is 5.35. The van der Waals surface area contributed by atoms with Gasteiger partial charge in [0.2, 0.25) is 0 Å². The molecule has 0 bridgehead atoms. The van der Waals surface area contributed by atoms with Crippen molar-refractivity contribution in [2.24, 2.45) is 5.41 Å². The van der Waals surface area contributed by atoms with Gasteiger partial charge in [-0.25, -0.2) is 4.79 Å². The van der Waals surface area contributed by atoms with E-state index >= 15 is 0 Å². The summed E-state index contributed by atoms with van der Waals surface area (Å²) < 4.78 is 0. The minimum Gasteiger partial charge on any atom is -0.480 e. The van der Waals surface area contributed by atoms with Crippen LogP contribution in [-0.2, 0) is 4.79 Å². The quantitative estimate of drug-likeness (QED) is 0.782. The van der Waals surface area contributed by atoms with E-state index < -0.39 is 5.97 Å². The lowest BCUT2D eigenvalue weighted by molar-refractivity contribution is -0.136. The van der Waals surface area contributed by atoms with Crippen LogP contribution in [0.15, 0.2) is 24.5 Å². The van der Waals surface area contributed by atoms with E-state index in [0.717, 1.165) is 51.9 Å². The molecule has 3 fully saturated rings. The number of aliphatic carboxylic acids is 1. The maximum Gasteiger partial charge on any atom is 0.320 e. The van der Waals surface area contributed by atoms with Gasteiger partial charge >= 0.3 is 12.0 Å². The van der Waals surface area contributed by atoms with Crippen molar-refractivity contribution in [3.63, 3.8) is 0 Å². The van der Waals surface area contributed by atoms with E-state index in [1.807, 2.05) is 22.2 Å². The normalized spacial score (nSPS) is 26.2. The molecule has 2 unspecified atom stereocenters. The Morgan fingerprint density at radius 3 is 2.53 bits per heavy atom. The van der Waals surface area contributed by atoms with Crippen LogP contribution in [0.25, 0.3) is 0 Å². The number of piperidine rings is 2. The molecule has 1 aromatic rings. The third-order valence-corrected chi connectivity index (χ3v) is 7.22. The van der Waals surface area contributed by atoms with E-state index in [1.54, 1.807) is 0 Å². The summed E-state index contributed by atoms with van der Waals surface area (Å²) in [6.45, 7) is 6.54. The van der Waals surface area contributed by atoms with Crippen LogP contribution in [-0.4, -0.2) is 83.2 Å². The molecule has 0 saturated carbocycles. The Balaban J connectivity index is 1.27. The van der Waals surface area contributed by atoms with Crippen LogP contribution in [0.3, 0.4) is 0 Å². The van der Waals surface area contributed by atoms with Crippen LogP contribution in [0.5, 0.6) is 0 Å². The highest BCUT2D eigenvalue weighted by molar-refractivity contribution is 5.75. The zero-order valence-electron chi connectivity index (χ0n) is 17.8. The van der Waals surface area contributed by atoms with Gasteiger partial charge in [0.05, 0.1) is 6.54 Å². The molecule has 4 heterocycles. The van der Waals surface area contributed by atoms with E-state index in [1.165, 1.54) is 12.1 Å². The van der Waals surface area contributed by atoms with Crippen LogP contribution in [0.1, 0.15) is 39.0 Å². The van der Waals surface area contributed by atoms with Gasteiger partial charge in [-0.2, -0.15) is 0 Å². The number of aromatic nitrogens is 1. The second-order valence-electron chi connectivity index (χ2n) is 9.18. The van der Waals surface area contributed by atoms with Gasteiger partial charge in [0.25, 0.3) is 0 Å². The average Bonchev–Trinajstić information content (AvgIpc) is 3.16. The first-order valence-corrected chi connectivity index (χ1v) is 11.1. The number of carbonyl (C=O) groups is 2. The summed E-state index contributed by atoms with van der Waals surface area (Å²) in [5.74, 6) is -0.835. The molecule has 164 valence electrons. The number of nitrogens with zero attached hydrogens (tertiary/aromatic N) is 4. The van der Waals surface area contributed by atoms with Crippen molar-refractivity contribution < 1.29 is 14.7 Å². The molecular formula is C22H33N5O3. The van der Waals surface area contributed by atoms with Crippen LogP contribution >= 0.6 is 0 Å². The van der Waals surface area contributed by atoms with Crippen LogP contribution in [0.2, 0.25) is 0 Å². The number of pyridine rings is 1. The summed E-state index contributed by atoms with van der Waals surface area (Å²) in [5, 5.41) is 11.9. The second kappa shape index (κ2) is 8.79. The van der Waals surface area contributed by atoms with Gasteiger partial charge in [-0.15, -0.1) is 0 Å². The molecule has 2 amide bonds. The molecule has 3 aliphatic rings. The Hall–Kier alpha value is -2.35. The number of likely N-dealkylation sites (tertiary alicyclic amines) is 2. The largest absolute Gasteiger partial charge is 0.480 e. The molecular weight excluding hydrogens is 382 g/mol. The van der Waals surface area contributed by atoms with Gasteiger partial charge in [0, 0.05) is 62.9 Å². The van der Waals surface area contributed by atoms with Crippen LogP contribution < -0.4 is 10.2 Å². The number of carboxylic acids is 1. The van der Waals surface area contributed by atoms with Gasteiger partial charge in [-0.05, 0) is 56.6 Å². The Labute approximate surface area is 178 Å². The second-order valence-corrected chi connectivity index (χ2v) is 9.18. The molecule has 0 radical (unpaired) electrons. The minimum atomic E-state index is -0.835. The third-order valence-electron chi connectivity index (χ3n) is 7.22. The lowest BCUT2D eigenvalue weighted by Crippen LogP contribution is -2.56. The van der Waals surface area contributed by atoms with E-state index in [0.29, 0.717) is 12.0 Å². The Bertz CT molecular complexity index is 750. The van der Waals surface area contributed by atoms with E-state index in [-0.39, 0.29) is 24.7 Å². The standard InChI is InChI=1S/C22H33N5O3/c1-17-14-18(24-15-20(28)29)4-10-27(17)21(30)25-11-5-22(6-12-25)7-13-26(16-22)19-2-8-23-9-3-19/h2-3,8-9,17-18,24H,4-7,10-16H2,1H3,(H,28,29). The zero-order valence-corrected chi connectivity index (χ0v) is 17.8. The summed E-state index contributed by atoms with van der Waals surface area (Å²) in [6, 6.07) is 4.60. The van der Waals surface area contributed by atoms with Crippen molar-refractivity contribution in [2.75, 3.05) is 44.2 Å². The van der Waals surface area contributed by atoms with Gasteiger partial charge < -0.3 is 25.1 Å². The van der Waals surface area contributed by atoms with Crippen LogP contribution in [0, 0.1) is 5.41 Å². The van der Waals surface area contributed by atoms with Gasteiger partial charge in [0.15, 0.2) is 0 Å². The summed E-state index contributed by atoms with van der Waals surface area (Å²) in [5.41, 5.74) is 1.56. The minimum absolute atomic E-state index is 0.0178. The smallest absolute Gasteiger partial charge is 0.320 e. The molecule has 30 heavy (non-hydrogen) atoms. The maximum absolute atomic E-state index is 13.1. The number of urea groups is 1. The number of rotatable bonds is 4. The molecule has 0 aromatic carbocycles. The highest BCUT2D eigenvalue weighted by Crippen LogP contribution is 2.42. The molecule has 1 aromatic heterocycles. The molecule has 3 saturated heterocycles. The van der Waals surface area contributed by atoms with Crippen molar-refractivity contribution in [3.05, 3.63) is 24.5 Å². The number of nitrogens with one attached hydrogen (secondary N) is 1. The molecule has 4 rings (SSSR count). The zero-order chi connectivity index (χ0) is 21.1. The fourth-order valence-corrected chi connectivity index (χ4v) is 5.35. The summed E-state index contributed by atoms with van der Waals surface area (Å²) >= 11 is 0. The van der Waals surface area contributed by atoms with Gasteiger partial charge in [0.1, 0.15) is 0 Å². The van der Waals surface area contributed by atoms with Crippen molar-refractivity contribution in [3.8, 4) is 0 Å². The average molecular weight is 416 g/mol. The number of hydrogen-bond acceptors (Lipinski definition) is 5. The number of anilines is 1. The predicted molar refractivity (Wildman–Crippen MR) is 115 cm³/mol. The maximum atomic E-state index is 13.1. The summed E-state index contributed by atoms with van der Waals surface area (Å²) in [7, 11) is 0. The molecule has 1 spiro atoms. The number of amides is 2. The van der Waals surface area contributed by atoms with Gasteiger partial charge in [-0.1, -0.05) is 0 Å². The Morgan fingerprint density at radius 2 is 1.87 bits per heavy atom. The third kappa shape index (κ3) is 4.53. The first kappa shape index (κ1) is 20.9. The van der Waals surface area contributed by atoms with Crippen LogP contribution in [0.4, 0.5) is 10.5 Å². The molecule has 3 aliphatic heterocycles. The number of carboxylic acid groups (broad SMARTS) is 1. The topological polar surface area (TPSA) is 89.0 Å². The van der Waals surface area contributed by atoms with Crippen molar-refractivity contribution in [1.82, 2.24) is 20.1 Å². The van der Waals surface area contributed by atoms with Crippen molar-refractivity contribution in [2.45, 2.75) is 51.1 Å². The first-order valence-electron chi connectivity index (χ1n) is 11.1. The fraction of sp³-hybridized carbons (Fsp3) is 0.682. The monoisotopic (exact) mass is 415 g/mol. The Morgan fingerprint density at radius 1 is 1.17 bits per heavy atom. The first-order chi connectivity index (χ1) is 14.5. The van der Waals surface area contributed by atoms with Crippen molar-refractivity contribution >= 4 is 17.7 Å². The SMILES string of the molecule is CC1CC(NCC(=O)O)CCN1C(=O)N1CCC2(CC1)CCN(c1ccncc1)C2. The lowest BCUT2D eigenvalue weighted by atomic mass is 9.78. The molecule has 0 aliphatic carbocycles. The van der Waals surface area contributed by atoms with Crippen molar-refractivity contribution in [1.29, 1.82) is 0 Å². The van der Waals surface area contributed by atoms with E-state index in [4.69, 9.17) is 5.11 Å². The summed E-state index contributed by atoms with van der Waals surface area (Å²) in [6.07, 6.45) is 8.62.